The van der Waals surface area contributed by atoms with Crippen molar-refractivity contribution in [3.05, 3.63) is 0 Å². The van der Waals surface area contributed by atoms with Crippen molar-refractivity contribution < 1.29 is 0 Å². The molecule has 0 spiro atoms. The van der Waals surface area contributed by atoms with Crippen molar-refractivity contribution in [1.82, 2.24) is 5.32 Å². The Bertz CT molecular complexity index is 177. The number of thioether (sulfide) groups is 1. The fourth-order valence-corrected chi connectivity index (χ4v) is 3.91. The summed E-state index contributed by atoms with van der Waals surface area (Å²) in [7, 11) is 0. The maximum Gasteiger partial charge on any atom is 0.0103 e. The lowest BCUT2D eigenvalue weighted by molar-refractivity contribution is 0.174. The smallest absolute Gasteiger partial charge is 0.0103 e. The molecule has 0 radical (unpaired) electrons. The maximum absolute atomic E-state index is 3.80. The standard InChI is InChI=1S/C15H31NS/c1-5-7-16-15(6-8-17-4)14-10-12(2)9-13(3)11-14/h12-16H,5-11H2,1-4H3. The van der Waals surface area contributed by atoms with Crippen LogP contribution < -0.4 is 5.32 Å². The topological polar surface area (TPSA) is 12.0 Å². The third-order valence-corrected chi connectivity index (χ3v) is 4.72. The van der Waals surface area contributed by atoms with Gasteiger partial charge in [-0.15, -0.1) is 0 Å². The van der Waals surface area contributed by atoms with Gasteiger partial charge in [0, 0.05) is 6.04 Å². The monoisotopic (exact) mass is 257 g/mol. The normalized spacial score (nSPS) is 31.4. The molecule has 0 aromatic heterocycles. The van der Waals surface area contributed by atoms with Crippen LogP contribution >= 0.6 is 11.8 Å². The van der Waals surface area contributed by atoms with Gasteiger partial charge in [-0.1, -0.05) is 20.8 Å². The molecule has 0 aliphatic heterocycles. The number of rotatable bonds is 7. The molecule has 1 fully saturated rings. The van der Waals surface area contributed by atoms with E-state index in [4.69, 9.17) is 0 Å². The van der Waals surface area contributed by atoms with Crippen molar-refractivity contribution in [1.29, 1.82) is 0 Å². The van der Waals surface area contributed by atoms with Crippen LogP contribution in [0, 0.1) is 17.8 Å². The highest BCUT2D eigenvalue weighted by atomic mass is 32.2. The minimum absolute atomic E-state index is 0.771. The van der Waals surface area contributed by atoms with Gasteiger partial charge in [0.1, 0.15) is 0 Å². The van der Waals surface area contributed by atoms with Gasteiger partial charge in [-0.3, -0.25) is 0 Å². The quantitative estimate of drug-likeness (QED) is 0.734. The molecule has 0 aromatic carbocycles. The molecule has 1 nitrogen and oxygen atoms in total. The van der Waals surface area contributed by atoms with E-state index in [0.717, 1.165) is 23.8 Å². The first-order valence-corrected chi connectivity index (χ1v) is 8.79. The molecule has 1 aliphatic carbocycles. The Morgan fingerprint density at radius 1 is 1.18 bits per heavy atom. The van der Waals surface area contributed by atoms with E-state index in [2.05, 4.69) is 32.3 Å². The zero-order valence-corrected chi connectivity index (χ0v) is 13.0. The van der Waals surface area contributed by atoms with E-state index in [1.807, 2.05) is 11.8 Å². The van der Waals surface area contributed by atoms with Crippen molar-refractivity contribution in [2.24, 2.45) is 17.8 Å². The minimum atomic E-state index is 0.771. The van der Waals surface area contributed by atoms with E-state index in [-0.39, 0.29) is 0 Å². The van der Waals surface area contributed by atoms with Crippen LogP contribution in [0.3, 0.4) is 0 Å². The number of nitrogens with one attached hydrogen (secondary N) is 1. The molecule has 0 amide bonds. The molecule has 3 atom stereocenters. The van der Waals surface area contributed by atoms with Gasteiger partial charge in [-0.25, -0.2) is 0 Å². The Kier molecular flexibility index (Phi) is 7.61. The Balaban J connectivity index is 2.47. The third-order valence-electron chi connectivity index (χ3n) is 4.07. The molecule has 17 heavy (non-hydrogen) atoms. The first-order valence-electron chi connectivity index (χ1n) is 7.39. The predicted octanol–water partition coefficient (Wildman–Crippen LogP) is 4.18. The summed E-state index contributed by atoms with van der Waals surface area (Å²) in [5.41, 5.74) is 0. The molecule has 3 unspecified atom stereocenters. The second-order valence-corrected chi connectivity index (χ2v) is 7.01. The molecule has 1 rings (SSSR count). The average molecular weight is 257 g/mol. The molecule has 0 saturated heterocycles. The van der Waals surface area contributed by atoms with E-state index in [0.29, 0.717) is 0 Å². The summed E-state index contributed by atoms with van der Waals surface area (Å²) in [6, 6.07) is 0.771. The molecule has 1 saturated carbocycles. The van der Waals surface area contributed by atoms with E-state index >= 15 is 0 Å². The zero-order valence-electron chi connectivity index (χ0n) is 12.2. The van der Waals surface area contributed by atoms with E-state index < -0.39 is 0 Å². The van der Waals surface area contributed by atoms with Crippen LogP contribution in [0.25, 0.3) is 0 Å². The van der Waals surface area contributed by atoms with Gasteiger partial charge in [-0.05, 0) is 68.4 Å². The van der Waals surface area contributed by atoms with Crippen molar-refractivity contribution >= 4 is 11.8 Å². The molecule has 0 aromatic rings. The molecule has 0 bridgehead atoms. The highest BCUT2D eigenvalue weighted by molar-refractivity contribution is 7.98. The van der Waals surface area contributed by atoms with Gasteiger partial charge in [-0.2, -0.15) is 11.8 Å². The molecule has 2 heteroatoms. The van der Waals surface area contributed by atoms with Crippen LogP contribution in [0.4, 0.5) is 0 Å². The Labute approximate surface area is 113 Å². The lowest BCUT2D eigenvalue weighted by atomic mass is 9.73. The minimum Gasteiger partial charge on any atom is -0.314 e. The summed E-state index contributed by atoms with van der Waals surface area (Å²) in [5.74, 6) is 4.10. The Hall–Kier alpha value is 0.310. The molecular formula is C15H31NS. The lowest BCUT2D eigenvalue weighted by Gasteiger charge is -2.37. The van der Waals surface area contributed by atoms with Gasteiger partial charge >= 0.3 is 0 Å². The first-order chi connectivity index (χ1) is 8.17. The van der Waals surface area contributed by atoms with Crippen LogP contribution in [0.1, 0.15) is 52.9 Å². The predicted molar refractivity (Wildman–Crippen MR) is 80.7 cm³/mol. The molecule has 1 aliphatic rings. The molecule has 102 valence electrons. The third kappa shape index (κ3) is 5.65. The van der Waals surface area contributed by atoms with Crippen molar-refractivity contribution in [2.45, 2.75) is 58.9 Å². The van der Waals surface area contributed by atoms with Gasteiger partial charge < -0.3 is 5.32 Å². The van der Waals surface area contributed by atoms with Gasteiger partial charge in [0.25, 0.3) is 0 Å². The van der Waals surface area contributed by atoms with E-state index in [1.54, 1.807) is 0 Å². The summed E-state index contributed by atoms with van der Waals surface area (Å²) in [5, 5.41) is 3.80. The van der Waals surface area contributed by atoms with Crippen molar-refractivity contribution in [3.8, 4) is 0 Å². The summed E-state index contributed by atoms with van der Waals surface area (Å²) in [4.78, 5) is 0. The zero-order chi connectivity index (χ0) is 12.7. The molecular weight excluding hydrogens is 226 g/mol. The van der Waals surface area contributed by atoms with Crippen molar-refractivity contribution in [3.63, 3.8) is 0 Å². The number of hydrogen-bond acceptors (Lipinski definition) is 2. The van der Waals surface area contributed by atoms with Gasteiger partial charge in [0.05, 0.1) is 0 Å². The number of hydrogen-bond donors (Lipinski definition) is 1. The first kappa shape index (κ1) is 15.4. The van der Waals surface area contributed by atoms with Crippen LogP contribution in [0.2, 0.25) is 0 Å². The second kappa shape index (κ2) is 8.42. The summed E-state index contributed by atoms with van der Waals surface area (Å²) in [6.45, 7) is 8.34. The summed E-state index contributed by atoms with van der Waals surface area (Å²) < 4.78 is 0. The Morgan fingerprint density at radius 2 is 1.82 bits per heavy atom. The van der Waals surface area contributed by atoms with Crippen LogP contribution in [-0.4, -0.2) is 24.6 Å². The molecule has 0 heterocycles. The maximum atomic E-state index is 3.80. The van der Waals surface area contributed by atoms with Crippen molar-refractivity contribution in [2.75, 3.05) is 18.6 Å². The SMILES string of the molecule is CCCNC(CCSC)C1CC(C)CC(C)C1. The highest BCUT2D eigenvalue weighted by Gasteiger charge is 2.29. The largest absolute Gasteiger partial charge is 0.314 e. The lowest BCUT2D eigenvalue weighted by Crippen LogP contribution is -2.40. The summed E-state index contributed by atoms with van der Waals surface area (Å²) in [6.07, 6.45) is 9.17. The van der Waals surface area contributed by atoms with Crippen LogP contribution in [0.15, 0.2) is 0 Å². The van der Waals surface area contributed by atoms with Crippen LogP contribution in [0.5, 0.6) is 0 Å². The average Bonchev–Trinajstić information content (AvgIpc) is 2.28. The molecule has 1 N–H and O–H groups in total. The van der Waals surface area contributed by atoms with E-state index in [1.165, 1.54) is 44.4 Å². The second-order valence-electron chi connectivity index (χ2n) is 6.02. The fraction of sp³-hybridized carbons (Fsp3) is 1.00. The summed E-state index contributed by atoms with van der Waals surface area (Å²) >= 11 is 1.99. The van der Waals surface area contributed by atoms with Gasteiger partial charge in [0.2, 0.25) is 0 Å². The van der Waals surface area contributed by atoms with Gasteiger partial charge in [0.15, 0.2) is 0 Å². The van der Waals surface area contributed by atoms with Crippen LogP contribution in [-0.2, 0) is 0 Å². The fourth-order valence-electron chi connectivity index (χ4n) is 3.42. The van der Waals surface area contributed by atoms with E-state index in [9.17, 15) is 0 Å². The highest BCUT2D eigenvalue weighted by Crippen LogP contribution is 2.35. The Morgan fingerprint density at radius 3 is 2.35 bits per heavy atom.